The first-order valence-electron chi connectivity index (χ1n) is 7.15. The second kappa shape index (κ2) is 6.28. The number of hydrogen-bond acceptors (Lipinski definition) is 3. The Labute approximate surface area is 125 Å². The first kappa shape index (κ1) is 17.2. The number of carbonyl (C=O) groups is 2. The maximum atomic E-state index is 12.5. The van der Waals surface area contributed by atoms with E-state index in [0.717, 1.165) is 5.69 Å². The van der Waals surface area contributed by atoms with Crippen molar-refractivity contribution in [2.24, 2.45) is 5.92 Å². The van der Waals surface area contributed by atoms with E-state index in [0.29, 0.717) is 12.0 Å². The van der Waals surface area contributed by atoms with Gasteiger partial charge in [0.05, 0.1) is 28.9 Å². The van der Waals surface area contributed by atoms with Crippen LogP contribution in [0, 0.1) is 5.92 Å². The number of carboxylic acids is 1. The maximum Gasteiger partial charge on any atom is 0.308 e. The molecule has 1 heterocycles. The van der Waals surface area contributed by atoms with Gasteiger partial charge in [-0.25, -0.2) is 0 Å². The van der Waals surface area contributed by atoms with Crippen molar-refractivity contribution in [1.29, 1.82) is 0 Å². The molecule has 1 unspecified atom stereocenters. The van der Waals surface area contributed by atoms with E-state index in [-0.39, 0.29) is 18.0 Å². The molecule has 0 saturated heterocycles. The minimum absolute atomic E-state index is 0.179. The molecule has 0 radical (unpaired) electrons. The van der Waals surface area contributed by atoms with Crippen molar-refractivity contribution in [1.82, 2.24) is 14.7 Å². The largest absolute Gasteiger partial charge is 0.481 e. The lowest BCUT2D eigenvalue weighted by atomic mass is 10.1. The van der Waals surface area contributed by atoms with Crippen LogP contribution in [0.3, 0.4) is 0 Å². The Hall–Kier alpha value is -1.85. The molecule has 0 fully saturated rings. The Balaban J connectivity index is 3.03. The maximum absolute atomic E-state index is 12.5. The summed E-state index contributed by atoms with van der Waals surface area (Å²) in [6, 6.07) is 0. The van der Waals surface area contributed by atoms with Gasteiger partial charge in [-0.15, -0.1) is 0 Å². The highest BCUT2D eigenvalue weighted by atomic mass is 16.4. The van der Waals surface area contributed by atoms with E-state index in [1.165, 1.54) is 4.90 Å². The summed E-state index contributed by atoms with van der Waals surface area (Å²) in [5, 5.41) is 13.3. The van der Waals surface area contributed by atoms with Crippen LogP contribution in [0.1, 0.15) is 50.7 Å². The van der Waals surface area contributed by atoms with Crippen LogP contribution in [0.25, 0.3) is 0 Å². The molecule has 0 aliphatic rings. The van der Waals surface area contributed by atoms with Crippen LogP contribution in [-0.2, 0) is 16.8 Å². The summed E-state index contributed by atoms with van der Waals surface area (Å²) in [6.45, 7) is 9.84. The highest BCUT2D eigenvalue weighted by Crippen LogP contribution is 2.20. The van der Waals surface area contributed by atoms with Gasteiger partial charge in [0.25, 0.3) is 5.91 Å². The molecule has 1 N–H and O–H groups in total. The molecule has 0 spiro atoms. The molecular formula is C15H25N3O3. The van der Waals surface area contributed by atoms with Gasteiger partial charge in [-0.2, -0.15) is 5.10 Å². The van der Waals surface area contributed by atoms with Crippen molar-refractivity contribution in [2.45, 2.75) is 46.6 Å². The molecule has 6 heteroatoms. The Morgan fingerprint density at radius 1 is 1.43 bits per heavy atom. The topological polar surface area (TPSA) is 75.4 Å². The van der Waals surface area contributed by atoms with E-state index < -0.39 is 11.9 Å². The fourth-order valence-corrected chi connectivity index (χ4v) is 2.25. The van der Waals surface area contributed by atoms with Crippen LogP contribution in [0.5, 0.6) is 0 Å². The monoisotopic (exact) mass is 295 g/mol. The molecule has 21 heavy (non-hydrogen) atoms. The number of aromatic nitrogens is 2. The number of nitrogens with zero attached hydrogens (tertiary/aromatic N) is 3. The third-order valence-corrected chi connectivity index (χ3v) is 3.39. The summed E-state index contributed by atoms with van der Waals surface area (Å²) in [7, 11) is 1.62. The van der Waals surface area contributed by atoms with E-state index in [4.69, 9.17) is 5.11 Å². The van der Waals surface area contributed by atoms with E-state index >= 15 is 0 Å². The fraction of sp³-hybridized carbons (Fsp3) is 0.667. The molecule has 0 aliphatic heterocycles. The SMILES string of the molecule is CCc1c(C(=O)N(C)CC(C)C(=O)O)cnn1C(C)(C)C. The average molecular weight is 295 g/mol. The average Bonchev–Trinajstić information content (AvgIpc) is 2.80. The molecule has 1 rings (SSSR count). The fourth-order valence-electron chi connectivity index (χ4n) is 2.25. The summed E-state index contributed by atoms with van der Waals surface area (Å²) in [5.41, 5.74) is 1.23. The molecule has 0 aromatic carbocycles. The quantitative estimate of drug-likeness (QED) is 0.901. The van der Waals surface area contributed by atoms with Crippen molar-refractivity contribution in [3.8, 4) is 0 Å². The lowest BCUT2D eigenvalue weighted by Crippen LogP contribution is -2.34. The molecule has 118 valence electrons. The van der Waals surface area contributed by atoms with Gasteiger partial charge in [0.2, 0.25) is 0 Å². The van der Waals surface area contributed by atoms with Gasteiger partial charge in [-0.3, -0.25) is 14.3 Å². The molecule has 1 aromatic rings. The van der Waals surface area contributed by atoms with E-state index in [1.54, 1.807) is 20.2 Å². The zero-order valence-corrected chi connectivity index (χ0v) is 13.7. The zero-order chi connectivity index (χ0) is 16.4. The van der Waals surface area contributed by atoms with Crippen LogP contribution in [0.15, 0.2) is 6.20 Å². The van der Waals surface area contributed by atoms with Crippen molar-refractivity contribution < 1.29 is 14.7 Å². The molecule has 6 nitrogen and oxygen atoms in total. The minimum atomic E-state index is -0.907. The third kappa shape index (κ3) is 3.83. The molecule has 1 atom stereocenters. The lowest BCUT2D eigenvalue weighted by molar-refractivity contribution is -0.141. The standard InChI is InChI=1S/C15H25N3O3/c1-7-12-11(8-16-18(12)15(3,4)5)13(19)17(6)9-10(2)14(20)21/h8,10H,7,9H2,1-6H3,(H,20,21). The number of aliphatic carboxylic acids is 1. The summed E-state index contributed by atoms with van der Waals surface area (Å²) >= 11 is 0. The van der Waals surface area contributed by atoms with E-state index in [2.05, 4.69) is 5.10 Å². The van der Waals surface area contributed by atoms with Crippen LogP contribution >= 0.6 is 0 Å². The predicted octanol–water partition coefficient (Wildman–Crippen LogP) is 1.99. The van der Waals surface area contributed by atoms with Gasteiger partial charge in [0.1, 0.15) is 0 Å². The summed E-state index contributed by atoms with van der Waals surface area (Å²) in [4.78, 5) is 24.8. The van der Waals surface area contributed by atoms with Crippen molar-refractivity contribution >= 4 is 11.9 Å². The van der Waals surface area contributed by atoms with E-state index in [1.807, 2.05) is 32.4 Å². The normalized spacial score (nSPS) is 13.0. The number of carbonyl (C=O) groups excluding carboxylic acids is 1. The summed E-state index contributed by atoms with van der Waals surface area (Å²) < 4.78 is 1.86. The molecule has 1 amide bonds. The summed E-state index contributed by atoms with van der Waals surface area (Å²) in [6.07, 6.45) is 2.27. The Kier molecular flexibility index (Phi) is 5.15. The van der Waals surface area contributed by atoms with Gasteiger partial charge in [0.15, 0.2) is 0 Å². The Morgan fingerprint density at radius 3 is 2.43 bits per heavy atom. The molecule has 0 saturated carbocycles. The molecule has 1 aromatic heterocycles. The van der Waals surface area contributed by atoms with Crippen LogP contribution in [-0.4, -0.2) is 45.3 Å². The van der Waals surface area contributed by atoms with Gasteiger partial charge in [0, 0.05) is 13.6 Å². The van der Waals surface area contributed by atoms with Gasteiger partial charge in [-0.1, -0.05) is 13.8 Å². The lowest BCUT2D eigenvalue weighted by Gasteiger charge is -2.23. The smallest absolute Gasteiger partial charge is 0.308 e. The second-order valence-electron chi connectivity index (χ2n) is 6.37. The van der Waals surface area contributed by atoms with Crippen LogP contribution < -0.4 is 0 Å². The minimum Gasteiger partial charge on any atom is -0.481 e. The molecule has 0 bridgehead atoms. The third-order valence-electron chi connectivity index (χ3n) is 3.39. The molecular weight excluding hydrogens is 270 g/mol. The number of carboxylic acid groups (broad SMARTS) is 1. The van der Waals surface area contributed by atoms with Crippen LogP contribution in [0.4, 0.5) is 0 Å². The van der Waals surface area contributed by atoms with Crippen LogP contribution in [0.2, 0.25) is 0 Å². The predicted molar refractivity (Wildman–Crippen MR) is 80.4 cm³/mol. The van der Waals surface area contributed by atoms with Gasteiger partial charge in [-0.05, 0) is 27.2 Å². The van der Waals surface area contributed by atoms with Crippen molar-refractivity contribution in [2.75, 3.05) is 13.6 Å². The Bertz CT molecular complexity index is 529. The van der Waals surface area contributed by atoms with E-state index in [9.17, 15) is 9.59 Å². The first-order valence-corrected chi connectivity index (χ1v) is 7.15. The van der Waals surface area contributed by atoms with Gasteiger partial charge >= 0.3 is 5.97 Å². The number of rotatable bonds is 5. The summed E-state index contributed by atoms with van der Waals surface area (Å²) in [5.74, 6) is -1.69. The highest BCUT2D eigenvalue weighted by Gasteiger charge is 2.26. The second-order valence-corrected chi connectivity index (χ2v) is 6.37. The number of amides is 1. The van der Waals surface area contributed by atoms with Crippen molar-refractivity contribution in [3.63, 3.8) is 0 Å². The molecule has 0 aliphatic carbocycles. The highest BCUT2D eigenvalue weighted by molar-refractivity contribution is 5.95. The number of hydrogen-bond donors (Lipinski definition) is 1. The van der Waals surface area contributed by atoms with Crippen molar-refractivity contribution in [3.05, 3.63) is 17.5 Å². The first-order chi connectivity index (χ1) is 9.59. The van der Waals surface area contributed by atoms with Gasteiger partial charge < -0.3 is 10.0 Å². The Morgan fingerprint density at radius 2 is 2.00 bits per heavy atom. The zero-order valence-electron chi connectivity index (χ0n) is 13.7.